The third kappa shape index (κ3) is 2.23. The number of pyridine rings is 1. The Balaban J connectivity index is 2.21. The van der Waals surface area contributed by atoms with Crippen LogP contribution in [-0.2, 0) is 24.2 Å². The molecule has 2 rings (SSSR count). The zero-order valence-electron chi connectivity index (χ0n) is 9.99. The van der Waals surface area contributed by atoms with Crippen LogP contribution in [0.25, 0.3) is 0 Å². The van der Waals surface area contributed by atoms with Crippen molar-refractivity contribution in [1.82, 2.24) is 9.88 Å². The van der Waals surface area contributed by atoms with Crippen molar-refractivity contribution >= 4 is 5.91 Å². The molecule has 1 aliphatic rings. The van der Waals surface area contributed by atoms with Crippen LogP contribution in [0.4, 0.5) is 0 Å². The van der Waals surface area contributed by atoms with Gasteiger partial charge in [0.05, 0.1) is 0 Å². The molecule has 0 fully saturated rings. The van der Waals surface area contributed by atoms with E-state index in [-0.39, 0.29) is 5.91 Å². The van der Waals surface area contributed by atoms with Gasteiger partial charge in [-0.2, -0.15) is 0 Å². The van der Waals surface area contributed by atoms with Gasteiger partial charge < -0.3 is 4.90 Å². The first-order valence-electron chi connectivity index (χ1n) is 5.93. The van der Waals surface area contributed by atoms with E-state index in [2.05, 4.69) is 18.0 Å². The molecule has 0 N–H and O–H groups in total. The zero-order chi connectivity index (χ0) is 11.5. The van der Waals surface area contributed by atoms with Crippen molar-refractivity contribution in [2.45, 2.75) is 39.7 Å². The van der Waals surface area contributed by atoms with Crippen LogP contribution >= 0.6 is 0 Å². The molecule has 86 valence electrons. The fraction of sp³-hybridized carbons (Fsp3) is 0.538. The van der Waals surface area contributed by atoms with Gasteiger partial charge in [-0.3, -0.25) is 9.78 Å². The number of aryl methyl sites for hydroxylation is 1. The summed E-state index contributed by atoms with van der Waals surface area (Å²) in [7, 11) is 0. The Bertz CT molecular complexity index is 401. The van der Waals surface area contributed by atoms with E-state index in [0.717, 1.165) is 38.0 Å². The van der Waals surface area contributed by atoms with Crippen LogP contribution in [0, 0.1) is 0 Å². The Morgan fingerprint density at radius 1 is 1.56 bits per heavy atom. The number of hydrogen-bond donors (Lipinski definition) is 0. The number of carbonyl (C=O) groups excluding carboxylic acids is 1. The predicted octanol–water partition coefficient (Wildman–Crippen LogP) is 1.94. The van der Waals surface area contributed by atoms with Crippen molar-refractivity contribution in [2.24, 2.45) is 0 Å². The smallest absolute Gasteiger partial charge is 0.219 e. The van der Waals surface area contributed by atoms with Crippen molar-refractivity contribution in [1.29, 1.82) is 0 Å². The molecule has 0 atom stereocenters. The molecule has 16 heavy (non-hydrogen) atoms. The van der Waals surface area contributed by atoms with E-state index in [4.69, 9.17) is 0 Å². The maximum atomic E-state index is 11.3. The van der Waals surface area contributed by atoms with Crippen molar-refractivity contribution in [2.75, 3.05) is 6.54 Å². The van der Waals surface area contributed by atoms with Crippen LogP contribution in [-0.4, -0.2) is 22.3 Å². The molecule has 1 aromatic heterocycles. The Morgan fingerprint density at radius 3 is 3.06 bits per heavy atom. The lowest BCUT2D eigenvalue weighted by molar-refractivity contribution is -0.129. The topological polar surface area (TPSA) is 33.2 Å². The highest BCUT2D eigenvalue weighted by Gasteiger charge is 2.18. The monoisotopic (exact) mass is 218 g/mol. The number of fused-ring (bicyclic) bond motifs is 1. The van der Waals surface area contributed by atoms with Gasteiger partial charge in [-0.25, -0.2) is 0 Å². The standard InChI is InChI=1S/C13H18N2O/c1-3-4-11-7-12-9-15(10(2)16)6-5-13(12)14-8-11/h7-8H,3-6,9H2,1-2H3. The molecule has 3 nitrogen and oxygen atoms in total. The van der Waals surface area contributed by atoms with Crippen LogP contribution in [0.5, 0.6) is 0 Å². The Hall–Kier alpha value is -1.38. The molecule has 1 aromatic rings. The summed E-state index contributed by atoms with van der Waals surface area (Å²) in [5.74, 6) is 0.159. The number of hydrogen-bond acceptors (Lipinski definition) is 2. The molecule has 0 aromatic carbocycles. The summed E-state index contributed by atoms with van der Waals surface area (Å²) in [5.41, 5.74) is 3.68. The van der Waals surface area contributed by atoms with E-state index in [1.807, 2.05) is 11.1 Å². The van der Waals surface area contributed by atoms with Crippen LogP contribution in [0.3, 0.4) is 0 Å². The van der Waals surface area contributed by atoms with Gasteiger partial charge in [0.25, 0.3) is 0 Å². The normalized spacial score (nSPS) is 14.8. The summed E-state index contributed by atoms with van der Waals surface area (Å²) in [4.78, 5) is 17.7. The third-order valence-corrected chi connectivity index (χ3v) is 3.08. The van der Waals surface area contributed by atoms with Gasteiger partial charge in [0.15, 0.2) is 0 Å². The van der Waals surface area contributed by atoms with E-state index < -0.39 is 0 Å². The van der Waals surface area contributed by atoms with E-state index >= 15 is 0 Å². The Kier molecular flexibility index (Phi) is 3.22. The maximum absolute atomic E-state index is 11.3. The lowest BCUT2D eigenvalue weighted by Crippen LogP contribution is -2.34. The second-order valence-electron chi connectivity index (χ2n) is 4.39. The van der Waals surface area contributed by atoms with Gasteiger partial charge >= 0.3 is 0 Å². The van der Waals surface area contributed by atoms with E-state index in [0.29, 0.717) is 0 Å². The largest absolute Gasteiger partial charge is 0.338 e. The summed E-state index contributed by atoms with van der Waals surface area (Å²) in [6.45, 7) is 5.34. The number of rotatable bonds is 2. The Labute approximate surface area is 96.5 Å². The van der Waals surface area contributed by atoms with Crippen LogP contribution in [0.1, 0.15) is 37.1 Å². The van der Waals surface area contributed by atoms with Gasteiger partial charge in [0.1, 0.15) is 0 Å². The Morgan fingerprint density at radius 2 is 2.38 bits per heavy atom. The molecule has 1 amide bonds. The van der Waals surface area contributed by atoms with Gasteiger partial charge in [0, 0.05) is 38.3 Å². The summed E-state index contributed by atoms with van der Waals surface area (Å²) < 4.78 is 0. The minimum Gasteiger partial charge on any atom is -0.338 e. The first kappa shape index (κ1) is 11.1. The number of carbonyl (C=O) groups is 1. The summed E-state index contributed by atoms with van der Waals surface area (Å²) in [6, 6.07) is 2.21. The first-order valence-corrected chi connectivity index (χ1v) is 5.93. The van der Waals surface area contributed by atoms with E-state index in [1.165, 1.54) is 11.1 Å². The molecule has 0 saturated carbocycles. The maximum Gasteiger partial charge on any atom is 0.219 e. The first-order chi connectivity index (χ1) is 7.70. The molecule has 3 heteroatoms. The molecule has 0 spiro atoms. The average molecular weight is 218 g/mol. The third-order valence-electron chi connectivity index (χ3n) is 3.08. The van der Waals surface area contributed by atoms with Crippen molar-refractivity contribution in [3.63, 3.8) is 0 Å². The van der Waals surface area contributed by atoms with Crippen LogP contribution in [0.2, 0.25) is 0 Å². The van der Waals surface area contributed by atoms with Crippen LogP contribution < -0.4 is 0 Å². The van der Waals surface area contributed by atoms with Crippen molar-refractivity contribution < 1.29 is 4.79 Å². The minimum atomic E-state index is 0.159. The summed E-state index contributed by atoms with van der Waals surface area (Å²) in [5, 5.41) is 0. The lowest BCUT2D eigenvalue weighted by atomic mass is 10.0. The van der Waals surface area contributed by atoms with Gasteiger partial charge in [-0.15, -0.1) is 0 Å². The summed E-state index contributed by atoms with van der Waals surface area (Å²) >= 11 is 0. The summed E-state index contributed by atoms with van der Waals surface area (Å²) in [6.07, 6.45) is 5.07. The predicted molar refractivity (Wildman–Crippen MR) is 63.0 cm³/mol. The van der Waals surface area contributed by atoms with E-state index in [9.17, 15) is 4.79 Å². The highest BCUT2D eigenvalue weighted by atomic mass is 16.2. The average Bonchev–Trinajstić information content (AvgIpc) is 2.28. The second-order valence-corrected chi connectivity index (χ2v) is 4.39. The number of nitrogens with zero attached hydrogens (tertiary/aromatic N) is 2. The lowest BCUT2D eigenvalue weighted by Gasteiger charge is -2.27. The molecule has 0 bridgehead atoms. The SMILES string of the molecule is CCCc1cnc2c(c1)CN(C(C)=O)CC2. The van der Waals surface area contributed by atoms with Gasteiger partial charge in [0.2, 0.25) is 5.91 Å². The number of amides is 1. The molecular formula is C13H18N2O. The second kappa shape index (κ2) is 4.64. The molecule has 1 aliphatic heterocycles. The van der Waals surface area contributed by atoms with E-state index in [1.54, 1.807) is 6.92 Å². The molecule has 0 saturated heterocycles. The molecule has 0 aliphatic carbocycles. The van der Waals surface area contributed by atoms with Crippen molar-refractivity contribution in [3.05, 3.63) is 29.1 Å². The number of aromatic nitrogens is 1. The van der Waals surface area contributed by atoms with Crippen molar-refractivity contribution in [3.8, 4) is 0 Å². The van der Waals surface area contributed by atoms with Crippen LogP contribution in [0.15, 0.2) is 12.3 Å². The fourth-order valence-electron chi connectivity index (χ4n) is 2.17. The van der Waals surface area contributed by atoms with Gasteiger partial charge in [-0.05, 0) is 17.5 Å². The zero-order valence-corrected chi connectivity index (χ0v) is 9.99. The molecule has 2 heterocycles. The highest BCUT2D eigenvalue weighted by molar-refractivity contribution is 5.73. The molecular weight excluding hydrogens is 200 g/mol. The fourth-order valence-corrected chi connectivity index (χ4v) is 2.17. The molecule has 0 unspecified atom stereocenters. The minimum absolute atomic E-state index is 0.159. The quantitative estimate of drug-likeness (QED) is 0.760. The highest BCUT2D eigenvalue weighted by Crippen LogP contribution is 2.18. The van der Waals surface area contributed by atoms with Gasteiger partial charge in [-0.1, -0.05) is 19.4 Å². The molecule has 0 radical (unpaired) electrons.